The van der Waals surface area contributed by atoms with Crippen LogP contribution in [0.15, 0.2) is 35.4 Å². The second-order valence-corrected chi connectivity index (χ2v) is 9.17. The molecule has 9 heteroatoms. The van der Waals surface area contributed by atoms with Gasteiger partial charge >= 0.3 is 5.69 Å². The van der Waals surface area contributed by atoms with Crippen LogP contribution in [0.5, 0.6) is 0 Å². The van der Waals surface area contributed by atoms with Crippen LogP contribution in [0, 0.1) is 18.8 Å². The molecule has 1 fully saturated rings. The predicted molar refractivity (Wildman–Crippen MR) is 135 cm³/mol. The SMILES string of the molecule is Cc1cc2nccc(C#CCNC3CCC(n4c(=O)n(C)c5cnc(Cl)nc54)CC3)c2cc1N. The van der Waals surface area contributed by atoms with Gasteiger partial charge in [-0.3, -0.25) is 14.1 Å². The van der Waals surface area contributed by atoms with Crippen molar-refractivity contribution >= 4 is 39.4 Å². The molecule has 34 heavy (non-hydrogen) atoms. The normalized spacial score (nSPS) is 18.2. The fourth-order valence-corrected chi connectivity index (χ4v) is 4.87. The van der Waals surface area contributed by atoms with Crippen LogP contribution in [0.3, 0.4) is 0 Å². The van der Waals surface area contributed by atoms with Crippen molar-refractivity contribution in [3.8, 4) is 11.8 Å². The molecule has 0 bridgehead atoms. The molecule has 1 aliphatic rings. The Morgan fingerprint density at radius 3 is 2.82 bits per heavy atom. The average molecular weight is 476 g/mol. The lowest BCUT2D eigenvalue weighted by atomic mass is 9.91. The summed E-state index contributed by atoms with van der Waals surface area (Å²) < 4.78 is 3.37. The number of hydrogen-bond acceptors (Lipinski definition) is 6. The summed E-state index contributed by atoms with van der Waals surface area (Å²) in [6.07, 6.45) is 7.09. The number of nitrogen functional groups attached to an aromatic ring is 1. The lowest BCUT2D eigenvalue weighted by Crippen LogP contribution is -2.36. The van der Waals surface area contributed by atoms with Gasteiger partial charge in [0, 0.05) is 42.0 Å². The third-order valence-corrected chi connectivity index (χ3v) is 6.88. The van der Waals surface area contributed by atoms with Crippen LogP contribution in [0.2, 0.25) is 5.28 Å². The number of anilines is 1. The summed E-state index contributed by atoms with van der Waals surface area (Å²) in [5, 5.41) is 4.67. The topological polar surface area (TPSA) is 104 Å². The number of benzene rings is 1. The molecule has 0 saturated heterocycles. The summed E-state index contributed by atoms with van der Waals surface area (Å²) in [5.74, 6) is 6.50. The number of rotatable bonds is 3. The van der Waals surface area contributed by atoms with Crippen molar-refractivity contribution in [2.24, 2.45) is 7.05 Å². The van der Waals surface area contributed by atoms with E-state index >= 15 is 0 Å². The summed E-state index contributed by atoms with van der Waals surface area (Å²) >= 11 is 6.00. The van der Waals surface area contributed by atoms with E-state index in [0.29, 0.717) is 23.8 Å². The molecular weight excluding hydrogens is 450 g/mol. The van der Waals surface area contributed by atoms with Crippen LogP contribution in [0.1, 0.15) is 42.9 Å². The highest BCUT2D eigenvalue weighted by Gasteiger charge is 2.26. The molecule has 3 N–H and O–H groups in total. The Balaban J connectivity index is 1.23. The summed E-state index contributed by atoms with van der Waals surface area (Å²) in [4.78, 5) is 25.6. The summed E-state index contributed by atoms with van der Waals surface area (Å²) in [5.41, 5.74) is 10.9. The standard InChI is InChI=1S/C25H26ClN7O/c1-15-12-21-19(13-20(15)27)16(9-11-29-21)4-3-10-28-17-5-7-18(8-6-17)33-23-22(32(2)25(33)34)14-30-24(26)31-23/h9,11-14,17-18,28H,5-8,10,27H2,1-2H3. The maximum atomic E-state index is 12.8. The monoisotopic (exact) mass is 475 g/mol. The fraction of sp³-hybridized carbons (Fsp3) is 0.360. The summed E-state index contributed by atoms with van der Waals surface area (Å²) in [7, 11) is 1.74. The first-order valence-corrected chi connectivity index (χ1v) is 11.8. The van der Waals surface area contributed by atoms with E-state index in [4.69, 9.17) is 17.3 Å². The van der Waals surface area contributed by atoms with Crippen molar-refractivity contribution in [1.82, 2.24) is 29.4 Å². The highest BCUT2D eigenvalue weighted by molar-refractivity contribution is 6.28. The van der Waals surface area contributed by atoms with E-state index in [-0.39, 0.29) is 17.0 Å². The van der Waals surface area contributed by atoms with Crippen LogP contribution in [0.25, 0.3) is 22.1 Å². The van der Waals surface area contributed by atoms with Gasteiger partial charge in [0.2, 0.25) is 5.28 Å². The van der Waals surface area contributed by atoms with Crippen LogP contribution in [-0.2, 0) is 7.05 Å². The van der Waals surface area contributed by atoms with E-state index in [1.54, 1.807) is 28.6 Å². The van der Waals surface area contributed by atoms with Gasteiger partial charge in [-0.15, -0.1) is 0 Å². The lowest BCUT2D eigenvalue weighted by Gasteiger charge is -2.29. The van der Waals surface area contributed by atoms with Crippen molar-refractivity contribution in [2.45, 2.75) is 44.7 Å². The van der Waals surface area contributed by atoms with E-state index in [1.807, 2.05) is 25.1 Å². The van der Waals surface area contributed by atoms with Gasteiger partial charge in [0.25, 0.3) is 0 Å². The van der Waals surface area contributed by atoms with E-state index in [0.717, 1.165) is 53.4 Å². The predicted octanol–water partition coefficient (Wildman–Crippen LogP) is 3.35. The van der Waals surface area contributed by atoms with Gasteiger partial charge in [0.15, 0.2) is 5.65 Å². The average Bonchev–Trinajstić information content (AvgIpc) is 3.07. The van der Waals surface area contributed by atoms with Gasteiger partial charge in [0.1, 0.15) is 5.52 Å². The Bertz CT molecular complexity index is 1500. The van der Waals surface area contributed by atoms with Crippen LogP contribution in [0.4, 0.5) is 5.69 Å². The highest BCUT2D eigenvalue weighted by Crippen LogP contribution is 2.30. The highest BCUT2D eigenvalue weighted by atomic mass is 35.5. The minimum atomic E-state index is -0.0748. The third-order valence-electron chi connectivity index (χ3n) is 6.70. The van der Waals surface area contributed by atoms with Crippen molar-refractivity contribution in [3.63, 3.8) is 0 Å². The van der Waals surface area contributed by atoms with E-state index in [9.17, 15) is 4.79 Å². The third kappa shape index (κ3) is 4.13. The Morgan fingerprint density at radius 1 is 1.24 bits per heavy atom. The number of halogens is 1. The molecule has 0 radical (unpaired) electrons. The number of fused-ring (bicyclic) bond motifs is 2. The van der Waals surface area contributed by atoms with Crippen molar-refractivity contribution < 1.29 is 0 Å². The van der Waals surface area contributed by atoms with Crippen molar-refractivity contribution in [3.05, 3.63) is 57.5 Å². The second-order valence-electron chi connectivity index (χ2n) is 8.83. The van der Waals surface area contributed by atoms with Gasteiger partial charge in [-0.1, -0.05) is 11.8 Å². The smallest absolute Gasteiger partial charge is 0.330 e. The maximum Gasteiger partial charge on any atom is 0.330 e. The molecule has 3 aromatic heterocycles. The molecule has 174 valence electrons. The molecule has 5 rings (SSSR count). The van der Waals surface area contributed by atoms with Gasteiger partial charge in [-0.05, 0) is 68.0 Å². The van der Waals surface area contributed by atoms with E-state index in [2.05, 4.69) is 32.1 Å². The lowest BCUT2D eigenvalue weighted by molar-refractivity contribution is 0.295. The van der Waals surface area contributed by atoms with E-state index < -0.39 is 0 Å². The zero-order valence-corrected chi connectivity index (χ0v) is 19.9. The molecular formula is C25H26ClN7O. The Kier molecular flexibility index (Phi) is 5.98. The van der Waals surface area contributed by atoms with Crippen LogP contribution >= 0.6 is 11.6 Å². The first-order valence-electron chi connectivity index (χ1n) is 11.4. The van der Waals surface area contributed by atoms with E-state index in [1.165, 1.54) is 0 Å². The molecule has 8 nitrogen and oxygen atoms in total. The largest absolute Gasteiger partial charge is 0.398 e. The Labute approximate surface area is 202 Å². The van der Waals surface area contributed by atoms with Crippen molar-refractivity contribution in [2.75, 3.05) is 12.3 Å². The molecule has 1 aromatic carbocycles. The number of aryl methyl sites for hydroxylation is 2. The van der Waals surface area contributed by atoms with Gasteiger partial charge < -0.3 is 11.1 Å². The zero-order chi connectivity index (χ0) is 23.8. The molecule has 4 aromatic rings. The first kappa shape index (κ1) is 22.4. The molecule has 0 unspecified atom stereocenters. The number of aromatic nitrogens is 5. The zero-order valence-electron chi connectivity index (χ0n) is 19.2. The molecule has 0 amide bonds. The molecule has 1 saturated carbocycles. The molecule has 0 aliphatic heterocycles. The quantitative estimate of drug-likeness (QED) is 0.267. The van der Waals surface area contributed by atoms with Crippen molar-refractivity contribution in [1.29, 1.82) is 0 Å². The van der Waals surface area contributed by atoms with Gasteiger partial charge in [-0.2, -0.15) is 4.98 Å². The second kappa shape index (κ2) is 9.09. The van der Waals surface area contributed by atoms with Crippen LogP contribution in [-0.4, -0.2) is 36.7 Å². The number of nitrogens with two attached hydrogens (primary N) is 1. The van der Waals surface area contributed by atoms with Gasteiger partial charge in [-0.25, -0.2) is 9.78 Å². The first-order chi connectivity index (χ1) is 16.4. The summed E-state index contributed by atoms with van der Waals surface area (Å²) in [6.45, 7) is 2.57. The summed E-state index contributed by atoms with van der Waals surface area (Å²) in [6, 6.07) is 6.33. The molecule has 1 aliphatic carbocycles. The fourth-order valence-electron chi connectivity index (χ4n) is 4.74. The number of pyridine rings is 1. The molecule has 0 spiro atoms. The molecule has 3 heterocycles. The minimum Gasteiger partial charge on any atom is -0.398 e. The van der Waals surface area contributed by atoms with Gasteiger partial charge in [0.05, 0.1) is 18.3 Å². The Morgan fingerprint density at radius 2 is 2.03 bits per heavy atom. The minimum absolute atomic E-state index is 0.0748. The Hall–Kier alpha value is -3.41. The maximum absolute atomic E-state index is 12.8. The number of nitrogens with zero attached hydrogens (tertiary/aromatic N) is 5. The number of imidazole rings is 1. The number of nitrogens with one attached hydrogen (secondary N) is 1. The van der Waals surface area contributed by atoms with Crippen LogP contribution < -0.4 is 16.7 Å². The molecule has 0 atom stereocenters. The number of hydrogen-bond donors (Lipinski definition) is 2.